The average Bonchev–Trinajstić information content (AvgIpc) is 2.46. The highest BCUT2D eigenvalue weighted by molar-refractivity contribution is 5.95. The van der Waals surface area contributed by atoms with Gasteiger partial charge in [0, 0.05) is 13.1 Å². The fourth-order valence-electron chi connectivity index (χ4n) is 2.22. The van der Waals surface area contributed by atoms with Crippen LogP contribution in [0.4, 0.5) is 13.2 Å². The van der Waals surface area contributed by atoms with Crippen molar-refractivity contribution in [2.45, 2.75) is 45.7 Å². The van der Waals surface area contributed by atoms with Crippen LogP contribution in [-0.4, -0.2) is 23.9 Å². The van der Waals surface area contributed by atoms with E-state index >= 15 is 0 Å². The molecule has 0 atom stereocenters. The first kappa shape index (κ1) is 17.5. The lowest BCUT2D eigenvalue weighted by atomic mass is 10.1. The van der Waals surface area contributed by atoms with Crippen molar-refractivity contribution in [1.82, 2.24) is 4.90 Å². The zero-order valence-corrected chi connectivity index (χ0v) is 12.5. The van der Waals surface area contributed by atoms with Crippen LogP contribution < -0.4 is 0 Å². The van der Waals surface area contributed by atoms with E-state index in [0.717, 1.165) is 31.7 Å². The molecule has 0 aromatic heterocycles. The molecule has 118 valence electrons. The summed E-state index contributed by atoms with van der Waals surface area (Å²) in [4.78, 5) is 13.8. The van der Waals surface area contributed by atoms with E-state index in [4.69, 9.17) is 0 Å². The predicted molar refractivity (Wildman–Crippen MR) is 77.2 cm³/mol. The summed E-state index contributed by atoms with van der Waals surface area (Å²) >= 11 is 0. The molecule has 0 bridgehead atoms. The van der Waals surface area contributed by atoms with Gasteiger partial charge >= 0.3 is 6.18 Å². The average molecular weight is 301 g/mol. The highest BCUT2D eigenvalue weighted by Gasteiger charge is 2.35. The maximum absolute atomic E-state index is 13.0. The summed E-state index contributed by atoms with van der Waals surface area (Å²) in [5.41, 5.74) is -1.12. The monoisotopic (exact) mass is 301 g/mol. The van der Waals surface area contributed by atoms with Crippen molar-refractivity contribution in [3.8, 4) is 0 Å². The molecule has 0 aliphatic carbocycles. The first-order chi connectivity index (χ1) is 9.91. The van der Waals surface area contributed by atoms with Crippen LogP contribution in [0.5, 0.6) is 0 Å². The molecular weight excluding hydrogens is 279 g/mol. The van der Waals surface area contributed by atoms with Gasteiger partial charge in [-0.3, -0.25) is 4.79 Å². The zero-order valence-electron chi connectivity index (χ0n) is 12.5. The van der Waals surface area contributed by atoms with Crippen LogP contribution in [0.1, 0.15) is 55.5 Å². The van der Waals surface area contributed by atoms with Crippen LogP contribution in [0.25, 0.3) is 0 Å². The van der Waals surface area contributed by atoms with Gasteiger partial charge in [-0.25, -0.2) is 0 Å². The molecule has 0 aliphatic rings. The number of halogens is 3. The third-order valence-corrected chi connectivity index (χ3v) is 3.41. The number of carbonyl (C=O) groups excluding carboxylic acids is 1. The van der Waals surface area contributed by atoms with Crippen molar-refractivity contribution < 1.29 is 18.0 Å². The molecule has 0 aliphatic heterocycles. The number of unbranched alkanes of at least 4 members (excludes halogenated alkanes) is 3. The molecule has 0 saturated heterocycles. The van der Waals surface area contributed by atoms with Crippen LogP contribution in [0.15, 0.2) is 24.3 Å². The molecule has 0 N–H and O–H groups in total. The molecule has 0 fully saturated rings. The second kappa shape index (κ2) is 8.05. The number of amides is 1. The van der Waals surface area contributed by atoms with Crippen molar-refractivity contribution in [2.75, 3.05) is 13.1 Å². The topological polar surface area (TPSA) is 20.3 Å². The summed E-state index contributed by atoms with van der Waals surface area (Å²) in [6.07, 6.45) is -0.543. The Labute approximate surface area is 123 Å². The lowest BCUT2D eigenvalue weighted by molar-refractivity contribution is -0.138. The molecule has 1 rings (SSSR count). The maximum atomic E-state index is 13.0. The number of nitrogens with zero attached hydrogens (tertiary/aromatic N) is 1. The van der Waals surface area contributed by atoms with Crippen LogP contribution in [-0.2, 0) is 6.18 Å². The number of benzene rings is 1. The van der Waals surface area contributed by atoms with Gasteiger partial charge in [-0.05, 0) is 25.5 Å². The Morgan fingerprint density at radius 1 is 1.10 bits per heavy atom. The summed E-state index contributed by atoms with van der Waals surface area (Å²) in [6, 6.07) is 4.97. The molecule has 21 heavy (non-hydrogen) atoms. The lowest BCUT2D eigenvalue weighted by Gasteiger charge is -2.22. The Balaban J connectivity index is 2.86. The highest BCUT2D eigenvalue weighted by atomic mass is 19.4. The minimum Gasteiger partial charge on any atom is -0.339 e. The Morgan fingerprint density at radius 3 is 2.33 bits per heavy atom. The van der Waals surface area contributed by atoms with Gasteiger partial charge in [0.05, 0.1) is 11.1 Å². The molecule has 1 aromatic rings. The minimum atomic E-state index is -4.51. The predicted octanol–water partition coefficient (Wildman–Crippen LogP) is 4.75. The Bertz CT molecular complexity index is 457. The van der Waals surface area contributed by atoms with Crippen LogP contribution >= 0.6 is 0 Å². The van der Waals surface area contributed by atoms with Gasteiger partial charge in [-0.1, -0.05) is 38.3 Å². The maximum Gasteiger partial charge on any atom is 0.417 e. The Hall–Kier alpha value is -1.52. The molecular formula is C16H22F3NO. The van der Waals surface area contributed by atoms with Gasteiger partial charge in [-0.15, -0.1) is 0 Å². The van der Waals surface area contributed by atoms with Crippen molar-refractivity contribution in [1.29, 1.82) is 0 Å². The molecule has 1 aromatic carbocycles. The summed E-state index contributed by atoms with van der Waals surface area (Å²) in [5, 5.41) is 0. The molecule has 1 amide bonds. The van der Waals surface area contributed by atoms with E-state index < -0.39 is 17.6 Å². The molecule has 0 heterocycles. The number of carbonyl (C=O) groups is 1. The van der Waals surface area contributed by atoms with Gasteiger partial charge in [0.2, 0.25) is 0 Å². The lowest BCUT2D eigenvalue weighted by Crippen LogP contribution is -2.33. The quantitative estimate of drug-likeness (QED) is 0.666. The van der Waals surface area contributed by atoms with Gasteiger partial charge in [0.15, 0.2) is 0 Å². The molecule has 0 radical (unpaired) electrons. The van der Waals surface area contributed by atoms with E-state index in [2.05, 4.69) is 6.92 Å². The molecule has 2 nitrogen and oxygen atoms in total. The van der Waals surface area contributed by atoms with E-state index in [1.807, 2.05) is 0 Å². The second-order valence-electron chi connectivity index (χ2n) is 4.99. The molecule has 5 heteroatoms. The number of rotatable bonds is 7. The van der Waals surface area contributed by atoms with Crippen molar-refractivity contribution in [2.24, 2.45) is 0 Å². The fourth-order valence-corrected chi connectivity index (χ4v) is 2.22. The standard InChI is InChI=1S/C16H22F3NO/c1-3-5-6-9-12-20(4-2)15(21)13-10-7-8-11-14(13)16(17,18)19/h7-8,10-11H,3-6,9,12H2,1-2H3. The van der Waals surface area contributed by atoms with Crippen molar-refractivity contribution in [3.63, 3.8) is 0 Å². The van der Waals surface area contributed by atoms with Gasteiger partial charge in [0.1, 0.15) is 0 Å². The third-order valence-electron chi connectivity index (χ3n) is 3.41. The minimum absolute atomic E-state index is 0.262. The number of hydrogen-bond acceptors (Lipinski definition) is 1. The van der Waals surface area contributed by atoms with E-state index in [0.29, 0.717) is 13.1 Å². The van der Waals surface area contributed by atoms with Crippen LogP contribution in [0.3, 0.4) is 0 Å². The van der Waals surface area contributed by atoms with Crippen molar-refractivity contribution in [3.05, 3.63) is 35.4 Å². The van der Waals surface area contributed by atoms with Gasteiger partial charge in [-0.2, -0.15) is 13.2 Å². The SMILES string of the molecule is CCCCCCN(CC)C(=O)c1ccccc1C(F)(F)F. The normalized spacial score (nSPS) is 11.5. The van der Waals surface area contributed by atoms with E-state index in [9.17, 15) is 18.0 Å². The van der Waals surface area contributed by atoms with Crippen LogP contribution in [0, 0.1) is 0 Å². The van der Waals surface area contributed by atoms with E-state index in [1.54, 1.807) is 6.92 Å². The molecule has 0 spiro atoms. The second-order valence-corrected chi connectivity index (χ2v) is 4.99. The molecule has 0 unspecified atom stereocenters. The van der Waals surface area contributed by atoms with Gasteiger partial charge in [0.25, 0.3) is 5.91 Å². The zero-order chi connectivity index (χ0) is 15.9. The first-order valence-electron chi connectivity index (χ1n) is 7.37. The van der Waals surface area contributed by atoms with Gasteiger partial charge < -0.3 is 4.90 Å². The first-order valence-corrected chi connectivity index (χ1v) is 7.37. The van der Waals surface area contributed by atoms with E-state index in [-0.39, 0.29) is 5.56 Å². The third kappa shape index (κ3) is 5.06. The number of alkyl halides is 3. The number of hydrogen-bond donors (Lipinski definition) is 0. The summed E-state index contributed by atoms with van der Waals surface area (Å²) < 4.78 is 38.9. The largest absolute Gasteiger partial charge is 0.417 e. The van der Waals surface area contributed by atoms with E-state index in [1.165, 1.54) is 23.1 Å². The summed E-state index contributed by atoms with van der Waals surface area (Å²) in [7, 11) is 0. The van der Waals surface area contributed by atoms with Crippen molar-refractivity contribution >= 4 is 5.91 Å². The Morgan fingerprint density at radius 2 is 1.76 bits per heavy atom. The summed E-state index contributed by atoms with van der Waals surface area (Å²) in [5.74, 6) is -0.540. The van der Waals surface area contributed by atoms with Crippen LogP contribution in [0.2, 0.25) is 0 Å². The summed E-state index contributed by atoms with van der Waals surface area (Å²) in [6.45, 7) is 4.79. The fraction of sp³-hybridized carbons (Fsp3) is 0.562. The highest BCUT2D eigenvalue weighted by Crippen LogP contribution is 2.32. The molecule has 0 saturated carbocycles. The Kier molecular flexibility index (Phi) is 6.72. The smallest absolute Gasteiger partial charge is 0.339 e.